The van der Waals surface area contributed by atoms with Crippen LogP contribution in [-0.2, 0) is 4.79 Å². The van der Waals surface area contributed by atoms with Gasteiger partial charge in [-0.2, -0.15) is 0 Å². The lowest BCUT2D eigenvalue weighted by molar-refractivity contribution is -0.135. The first-order chi connectivity index (χ1) is 9.60. The maximum atomic E-state index is 12.0. The second kappa shape index (κ2) is 7.38. The second-order valence-electron chi connectivity index (χ2n) is 6.52. The van der Waals surface area contributed by atoms with E-state index in [4.69, 9.17) is 5.73 Å². The number of hydrogen-bond acceptors (Lipinski definition) is 4. The van der Waals surface area contributed by atoms with Crippen LogP contribution in [-0.4, -0.2) is 73.1 Å². The quantitative estimate of drug-likeness (QED) is 0.812. The zero-order chi connectivity index (χ0) is 14.5. The Bertz CT molecular complexity index is 305. The zero-order valence-corrected chi connectivity index (χ0v) is 13.1. The van der Waals surface area contributed by atoms with Crippen LogP contribution in [0.25, 0.3) is 0 Å². The van der Waals surface area contributed by atoms with Crippen LogP contribution in [0.1, 0.15) is 26.7 Å². The first-order valence-electron chi connectivity index (χ1n) is 8.03. The van der Waals surface area contributed by atoms with Gasteiger partial charge in [0, 0.05) is 58.4 Å². The summed E-state index contributed by atoms with van der Waals surface area (Å²) in [6.07, 6.45) is 2.32. The molecule has 0 aliphatic carbocycles. The molecule has 0 unspecified atom stereocenters. The van der Waals surface area contributed by atoms with Crippen molar-refractivity contribution in [1.29, 1.82) is 0 Å². The van der Waals surface area contributed by atoms with Crippen LogP contribution in [0.5, 0.6) is 0 Å². The minimum Gasteiger partial charge on any atom is -0.342 e. The van der Waals surface area contributed by atoms with Crippen molar-refractivity contribution in [2.24, 2.45) is 17.6 Å². The van der Waals surface area contributed by atoms with E-state index >= 15 is 0 Å². The molecule has 0 aromatic heterocycles. The van der Waals surface area contributed by atoms with Gasteiger partial charge in [-0.1, -0.05) is 13.8 Å². The highest BCUT2D eigenvalue weighted by Crippen LogP contribution is 2.20. The molecule has 2 fully saturated rings. The minimum atomic E-state index is 0.135. The maximum absolute atomic E-state index is 12.0. The topological polar surface area (TPSA) is 52.8 Å². The molecule has 2 saturated heterocycles. The van der Waals surface area contributed by atoms with Crippen LogP contribution >= 0.6 is 0 Å². The fraction of sp³-hybridized carbons (Fsp3) is 0.933. The number of nitrogens with zero attached hydrogens (tertiary/aromatic N) is 3. The number of piperidine rings is 1. The van der Waals surface area contributed by atoms with E-state index in [0.29, 0.717) is 12.6 Å². The number of rotatable bonds is 4. The Hall–Kier alpha value is -0.650. The molecule has 0 saturated carbocycles. The molecule has 2 rings (SSSR count). The normalized spacial score (nSPS) is 23.5. The number of piperazine rings is 1. The fourth-order valence-corrected chi connectivity index (χ4v) is 3.22. The lowest BCUT2D eigenvalue weighted by atomic mass is 9.95. The van der Waals surface area contributed by atoms with E-state index in [0.717, 1.165) is 58.0 Å². The largest absolute Gasteiger partial charge is 0.342 e. The third-order valence-corrected chi connectivity index (χ3v) is 4.66. The van der Waals surface area contributed by atoms with E-state index in [1.54, 1.807) is 0 Å². The predicted molar refractivity (Wildman–Crippen MR) is 81.2 cm³/mol. The third-order valence-electron chi connectivity index (χ3n) is 4.66. The van der Waals surface area contributed by atoms with Gasteiger partial charge in [0.15, 0.2) is 0 Å². The van der Waals surface area contributed by atoms with Crippen molar-refractivity contribution in [3.63, 3.8) is 0 Å². The molecule has 0 aromatic carbocycles. The Labute approximate surface area is 123 Å². The number of hydrogen-bond donors (Lipinski definition) is 1. The summed E-state index contributed by atoms with van der Waals surface area (Å²) in [6.45, 7) is 12.2. The van der Waals surface area contributed by atoms with Crippen LogP contribution < -0.4 is 5.73 Å². The highest BCUT2D eigenvalue weighted by atomic mass is 16.2. The summed E-state index contributed by atoms with van der Waals surface area (Å²) < 4.78 is 0. The summed E-state index contributed by atoms with van der Waals surface area (Å²) in [4.78, 5) is 18.9. The molecule has 116 valence electrons. The monoisotopic (exact) mass is 282 g/mol. The van der Waals surface area contributed by atoms with Gasteiger partial charge in [-0.05, 0) is 18.8 Å². The van der Waals surface area contributed by atoms with Gasteiger partial charge in [-0.15, -0.1) is 0 Å². The number of carbonyl (C=O) groups excluding carboxylic acids is 1. The molecule has 2 N–H and O–H groups in total. The molecule has 0 spiro atoms. The summed E-state index contributed by atoms with van der Waals surface area (Å²) in [5.41, 5.74) is 5.67. The minimum absolute atomic E-state index is 0.135. The molecule has 0 bridgehead atoms. The molecule has 2 aliphatic rings. The van der Waals surface area contributed by atoms with Crippen LogP contribution in [0, 0.1) is 11.8 Å². The van der Waals surface area contributed by atoms with Gasteiger partial charge in [-0.25, -0.2) is 0 Å². The van der Waals surface area contributed by atoms with E-state index in [-0.39, 0.29) is 5.92 Å². The summed E-state index contributed by atoms with van der Waals surface area (Å²) in [5.74, 6) is 1.21. The Kier molecular flexibility index (Phi) is 5.81. The smallest absolute Gasteiger partial charge is 0.225 e. The van der Waals surface area contributed by atoms with Crippen molar-refractivity contribution in [2.75, 3.05) is 52.5 Å². The van der Waals surface area contributed by atoms with E-state index in [1.807, 2.05) is 18.7 Å². The Balaban J connectivity index is 1.68. The standard InChI is InChI=1S/C15H30N4O/c1-13(2)15(20)19-5-3-14(4-6-19)11-17-7-9-18(12-16)10-8-17/h13-14H,3-12,16H2,1-2H3. The lowest BCUT2D eigenvalue weighted by Gasteiger charge is -2.38. The lowest BCUT2D eigenvalue weighted by Crippen LogP contribution is -2.50. The summed E-state index contributed by atoms with van der Waals surface area (Å²) in [6, 6.07) is 0. The molecule has 0 aromatic rings. The highest BCUT2D eigenvalue weighted by molar-refractivity contribution is 5.78. The second-order valence-corrected chi connectivity index (χ2v) is 6.52. The zero-order valence-electron chi connectivity index (χ0n) is 13.1. The van der Waals surface area contributed by atoms with Crippen LogP contribution in [0.2, 0.25) is 0 Å². The molecule has 1 amide bonds. The van der Waals surface area contributed by atoms with Crippen molar-refractivity contribution in [3.05, 3.63) is 0 Å². The molecule has 0 radical (unpaired) electrons. The third kappa shape index (κ3) is 4.17. The number of carbonyl (C=O) groups is 1. The molecular formula is C15H30N4O. The van der Waals surface area contributed by atoms with Crippen molar-refractivity contribution in [3.8, 4) is 0 Å². The van der Waals surface area contributed by atoms with E-state index in [9.17, 15) is 4.79 Å². The maximum Gasteiger partial charge on any atom is 0.225 e. The molecule has 2 aliphatic heterocycles. The first-order valence-corrected chi connectivity index (χ1v) is 8.03. The van der Waals surface area contributed by atoms with Crippen LogP contribution in [0.15, 0.2) is 0 Å². The van der Waals surface area contributed by atoms with Crippen molar-refractivity contribution < 1.29 is 4.79 Å². The summed E-state index contributed by atoms with van der Waals surface area (Å²) in [5, 5.41) is 0. The predicted octanol–water partition coefficient (Wildman–Crippen LogP) is 0.415. The summed E-state index contributed by atoms with van der Waals surface area (Å²) in [7, 11) is 0. The van der Waals surface area contributed by atoms with Crippen molar-refractivity contribution in [2.45, 2.75) is 26.7 Å². The molecule has 20 heavy (non-hydrogen) atoms. The van der Waals surface area contributed by atoms with Crippen LogP contribution in [0.3, 0.4) is 0 Å². The number of likely N-dealkylation sites (tertiary alicyclic amines) is 1. The fourth-order valence-electron chi connectivity index (χ4n) is 3.22. The van der Waals surface area contributed by atoms with Gasteiger partial charge in [0.1, 0.15) is 0 Å². The first kappa shape index (κ1) is 15.7. The van der Waals surface area contributed by atoms with Gasteiger partial charge in [0.2, 0.25) is 5.91 Å². The molecule has 2 heterocycles. The average molecular weight is 282 g/mol. The molecule has 5 heteroatoms. The van der Waals surface area contributed by atoms with Crippen LogP contribution in [0.4, 0.5) is 0 Å². The van der Waals surface area contributed by atoms with Gasteiger partial charge in [0.25, 0.3) is 0 Å². The van der Waals surface area contributed by atoms with Crippen molar-refractivity contribution >= 4 is 5.91 Å². The molecule has 5 nitrogen and oxygen atoms in total. The van der Waals surface area contributed by atoms with Crippen molar-refractivity contribution in [1.82, 2.24) is 14.7 Å². The van der Waals surface area contributed by atoms with Gasteiger partial charge < -0.3 is 15.5 Å². The SMILES string of the molecule is CC(C)C(=O)N1CCC(CN2CCN(CN)CC2)CC1. The Morgan fingerprint density at radius 2 is 1.60 bits per heavy atom. The molecular weight excluding hydrogens is 252 g/mol. The summed E-state index contributed by atoms with van der Waals surface area (Å²) >= 11 is 0. The average Bonchev–Trinajstić information content (AvgIpc) is 2.48. The van der Waals surface area contributed by atoms with E-state index in [2.05, 4.69) is 9.80 Å². The van der Waals surface area contributed by atoms with Gasteiger partial charge >= 0.3 is 0 Å². The molecule has 0 atom stereocenters. The van der Waals surface area contributed by atoms with E-state index in [1.165, 1.54) is 6.54 Å². The highest BCUT2D eigenvalue weighted by Gasteiger charge is 2.26. The number of nitrogens with two attached hydrogens (primary N) is 1. The Morgan fingerprint density at radius 1 is 1.05 bits per heavy atom. The number of amides is 1. The van der Waals surface area contributed by atoms with E-state index < -0.39 is 0 Å². The van der Waals surface area contributed by atoms with Gasteiger partial charge in [0.05, 0.1) is 0 Å². The Morgan fingerprint density at radius 3 is 2.10 bits per heavy atom. The van der Waals surface area contributed by atoms with Gasteiger partial charge in [-0.3, -0.25) is 9.69 Å².